The second-order valence-corrected chi connectivity index (χ2v) is 5.30. The van der Waals surface area contributed by atoms with Gasteiger partial charge in [-0.25, -0.2) is 0 Å². The fourth-order valence-electron chi connectivity index (χ4n) is 2.37. The summed E-state index contributed by atoms with van der Waals surface area (Å²) in [7, 11) is 4.64. The minimum atomic E-state index is -0.271. The number of nitrogens with zero attached hydrogens (tertiary/aromatic N) is 1. The molecule has 0 spiro atoms. The highest BCUT2D eigenvalue weighted by molar-refractivity contribution is 5.91. The molecule has 0 unspecified atom stereocenters. The van der Waals surface area contributed by atoms with Crippen molar-refractivity contribution >= 4 is 12.0 Å². The predicted molar refractivity (Wildman–Crippen MR) is 98.1 cm³/mol. The van der Waals surface area contributed by atoms with Crippen molar-refractivity contribution in [3.63, 3.8) is 0 Å². The number of rotatable bonds is 7. The molecule has 6 nitrogen and oxygen atoms in total. The number of methoxy groups -OCH3 is 3. The number of amides is 1. The van der Waals surface area contributed by atoms with Crippen LogP contribution >= 0.6 is 0 Å². The third-order valence-electron chi connectivity index (χ3n) is 3.70. The third kappa shape index (κ3) is 4.77. The second kappa shape index (κ2) is 9.14. The van der Waals surface area contributed by atoms with E-state index in [0.29, 0.717) is 28.4 Å². The van der Waals surface area contributed by atoms with Crippen LogP contribution in [0.2, 0.25) is 0 Å². The van der Waals surface area contributed by atoms with Crippen molar-refractivity contribution in [2.75, 3.05) is 21.3 Å². The number of nitrogens with one attached hydrogen (secondary N) is 1. The quantitative estimate of drug-likeness (QED) is 0.775. The lowest BCUT2D eigenvalue weighted by Crippen LogP contribution is -2.21. The molecule has 2 aromatic carbocycles. The Labute approximate surface area is 152 Å². The molecule has 0 fully saturated rings. The fourth-order valence-corrected chi connectivity index (χ4v) is 2.37. The molecule has 0 saturated carbocycles. The number of hydrogen-bond acceptors (Lipinski definition) is 5. The molecule has 1 amide bonds. The van der Waals surface area contributed by atoms with Crippen LogP contribution in [0.25, 0.3) is 6.08 Å². The van der Waals surface area contributed by atoms with E-state index in [0.717, 1.165) is 5.56 Å². The molecule has 0 radical (unpaired) electrons. The minimum Gasteiger partial charge on any atom is -0.496 e. The molecule has 0 saturated heterocycles. The largest absolute Gasteiger partial charge is 0.496 e. The summed E-state index contributed by atoms with van der Waals surface area (Å²) >= 11 is 0. The van der Waals surface area contributed by atoms with Gasteiger partial charge in [0.05, 0.1) is 45.1 Å². The van der Waals surface area contributed by atoms with E-state index >= 15 is 0 Å². The van der Waals surface area contributed by atoms with Crippen LogP contribution < -0.4 is 19.5 Å². The molecule has 2 rings (SSSR count). The van der Waals surface area contributed by atoms with E-state index in [-0.39, 0.29) is 12.5 Å². The first-order chi connectivity index (χ1) is 12.6. The van der Waals surface area contributed by atoms with Crippen LogP contribution in [0.15, 0.2) is 42.5 Å². The van der Waals surface area contributed by atoms with Crippen molar-refractivity contribution in [1.82, 2.24) is 5.32 Å². The zero-order valence-corrected chi connectivity index (χ0v) is 14.9. The average molecular weight is 352 g/mol. The fraction of sp³-hybridized carbons (Fsp3) is 0.200. The predicted octanol–water partition coefficient (Wildman–Crippen LogP) is 2.91. The van der Waals surface area contributed by atoms with Crippen LogP contribution in [-0.4, -0.2) is 27.2 Å². The van der Waals surface area contributed by atoms with Crippen molar-refractivity contribution in [3.8, 4) is 23.3 Å². The molecule has 1 N–H and O–H groups in total. The second-order valence-electron chi connectivity index (χ2n) is 5.30. The van der Waals surface area contributed by atoms with Crippen LogP contribution in [0.5, 0.6) is 17.2 Å². The van der Waals surface area contributed by atoms with E-state index in [2.05, 4.69) is 11.4 Å². The Bertz CT molecular complexity index is 828. The van der Waals surface area contributed by atoms with Gasteiger partial charge in [0.25, 0.3) is 0 Å². The van der Waals surface area contributed by atoms with Gasteiger partial charge in [0, 0.05) is 18.2 Å². The molecular formula is C20H20N2O4. The van der Waals surface area contributed by atoms with Gasteiger partial charge in [-0.3, -0.25) is 4.79 Å². The van der Waals surface area contributed by atoms with Crippen molar-refractivity contribution in [1.29, 1.82) is 5.26 Å². The van der Waals surface area contributed by atoms with Crippen LogP contribution in [0.4, 0.5) is 0 Å². The van der Waals surface area contributed by atoms with E-state index < -0.39 is 0 Å². The minimum absolute atomic E-state index is 0.234. The lowest BCUT2D eigenvalue weighted by molar-refractivity contribution is -0.116. The monoisotopic (exact) mass is 352 g/mol. The summed E-state index contributed by atoms with van der Waals surface area (Å²) in [6.45, 7) is 0.234. The van der Waals surface area contributed by atoms with E-state index in [4.69, 9.17) is 19.5 Å². The number of carbonyl (C=O) groups is 1. The summed E-state index contributed by atoms with van der Waals surface area (Å²) in [4.78, 5) is 12.1. The Morgan fingerprint density at radius 2 is 1.81 bits per heavy atom. The first kappa shape index (κ1) is 18.9. The Kier molecular flexibility index (Phi) is 6.63. The lowest BCUT2D eigenvalue weighted by atomic mass is 10.1. The summed E-state index contributed by atoms with van der Waals surface area (Å²) in [5.74, 6) is 1.46. The highest BCUT2D eigenvalue weighted by Gasteiger charge is 2.13. The first-order valence-corrected chi connectivity index (χ1v) is 7.86. The first-order valence-electron chi connectivity index (χ1n) is 7.86. The molecule has 26 heavy (non-hydrogen) atoms. The molecule has 0 heterocycles. The molecule has 0 aliphatic carbocycles. The normalized spacial score (nSPS) is 10.2. The highest BCUT2D eigenvalue weighted by atomic mass is 16.5. The van der Waals surface area contributed by atoms with Gasteiger partial charge in [-0.05, 0) is 23.8 Å². The number of nitriles is 1. The van der Waals surface area contributed by atoms with Crippen molar-refractivity contribution in [3.05, 3.63) is 59.2 Å². The SMILES string of the molecule is COc1cc(OC)c(CNC(=O)/C=C/c2cccc(C#N)c2)c(OC)c1. The van der Waals surface area contributed by atoms with Gasteiger partial charge in [-0.1, -0.05) is 12.1 Å². The maximum absolute atomic E-state index is 12.1. The molecule has 134 valence electrons. The number of carbonyl (C=O) groups excluding carboxylic acids is 1. The number of hydrogen-bond donors (Lipinski definition) is 1. The van der Waals surface area contributed by atoms with Crippen LogP contribution in [-0.2, 0) is 11.3 Å². The summed E-state index contributed by atoms with van der Waals surface area (Å²) in [5, 5.41) is 11.7. The Hall–Kier alpha value is -3.46. The summed E-state index contributed by atoms with van der Waals surface area (Å²) < 4.78 is 15.9. The van der Waals surface area contributed by atoms with Gasteiger partial charge in [0.15, 0.2) is 0 Å². The summed E-state index contributed by atoms with van der Waals surface area (Å²) in [5.41, 5.74) is 2.03. The Morgan fingerprint density at radius 3 is 2.38 bits per heavy atom. The zero-order chi connectivity index (χ0) is 18.9. The molecule has 0 atom stereocenters. The summed E-state index contributed by atoms with van der Waals surface area (Å²) in [6, 6.07) is 12.5. The van der Waals surface area contributed by atoms with Crippen LogP contribution in [0, 0.1) is 11.3 Å². The molecule has 0 aliphatic heterocycles. The lowest BCUT2D eigenvalue weighted by Gasteiger charge is -2.15. The Morgan fingerprint density at radius 1 is 1.12 bits per heavy atom. The van der Waals surface area contributed by atoms with Crippen molar-refractivity contribution in [2.45, 2.75) is 6.54 Å². The molecule has 6 heteroatoms. The van der Waals surface area contributed by atoms with Gasteiger partial charge >= 0.3 is 0 Å². The maximum atomic E-state index is 12.1. The van der Waals surface area contributed by atoms with Gasteiger partial charge in [-0.15, -0.1) is 0 Å². The average Bonchev–Trinajstić information content (AvgIpc) is 2.69. The number of benzene rings is 2. The van der Waals surface area contributed by atoms with Crippen molar-refractivity contribution < 1.29 is 19.0 Å². The maximum Gasteiger partial charge on any atom is 0.244 e. The molecule has 0 aliphatic rings. The zero-order valence-electron chi connectivity index (χ0n) is 14.9. The van der Waals surface area contributed by atoms with E-state index in [1.54, 1.807) is 57.7 Å². The van der Waals surface area contributed by atoms with Crippen LogP contribution in [0.3, 0.4) is 0 Å². The van der Waals surface area contributed by atoms with E-state index in [1.165, 1.54) is 6.08 Å². The van der Waals surface area contributed by atoms with Gasteiger partial charge < -0.3 is 19.5 Å². The molecular weight excluding hydrogens is 332 g/mol. The standard InChI is InChI=1S/C20H20N2O4/c1-24-16-10-18(25-2)17(19(11-16)26-3)13-22-20(23)8-7-14-5-4-6-15(9-14)12-21/h4-11H,13H2,1-3H3,(H,22,23)/b8-7+. The van der Waals surface area contributed by atoms with E-state index in [9.17, 15) is 4.79 Å². The number of ether oxygens (including phenoxy) is 3. The highest BCUT2D eigenvalue weighted by Crippen LogP contribution is 2.33. The van der Waals surface area contributed by atoms with Gasteiger partial charge in [0.2, 0.25) is 5.91 Å². The van der Waals surface area contributed by atoms with Gasteiger partial charge in [0.1, 0.15) is 17.2 Å². The Balaban J connectivity index is 2.09. The smallest absolute Gasteiger partial charge is 0.244 e. The summed E-state index contributed by atoms with van der Waals surface area (Å²) in [6.07, 6.45) is 3.07. The topological polar surface area (TPSA) is 80.6 Å². The molecule has 0 aromatic heterocycles. The third-order valence-corrected chi connectivity index (χ3v) is 3.70. The van der Waals surface area contributed by atoms with Crippen molar-refractivity contribution in [2.24, 2.45) is 0 Å². The molecule has 2 aromatic rings. The van der Waals surface area contributed by atoms with Crippen LogP contribution in [0.1, 0.15) is 16.7 Å². The van der Waals surface area contributed by atoms with E-state index in [1.807, 2.05) is 6.07 Å². The van der Waals surface area contributed by atoms with Gasteiger partial charge in [-0.2, -0.15) is 5.26 Å². The molecule has 0 bridgehead atoms.